The van der Waals surface area contributed by atoms with Crippen LogP contribution in [0.4, 0.5) is 18.9 Å². The minimum atomic E-state index is -4.54. The molecule has 0 radical (unpaired) electrons. The van der Waals surface area contributed by atoms with Gasteiger partial charge in [-0.15, -0.1) is 0 Å². The zero-order valence-electron chi connectivity index (χ0n) is 15.9. The molecule has 0 spiro atoms. The van der Waals surface area contributed by atoms with E-state index in [1.807, 2.05) is 0 Å². The van der Waals surface area contributed by atoms with Crippen molar-refractivity contribution in [2.75, 3.05) is 11.9 Å². The van der Waals surface area contributed by atoms with Gasteiger partial charge in [-0.25, -0.2) is 0 Å². The lowest BCUT2D eigenvalue weighted by Gasteiger charge is -2.12. The lowest BCUT2D eigenvalue weighted by molar-refractivity contribution is -0.123. The zero-order valence-corrected chi connectivity index (χ0v) is 16.6. The van der Waals surface area contributed by atoms with Crippen molar-refractivity contribution in [3.8, 4) is 11.4 Å². The summed E-state index contributed by atoms with van der Waals surface area (Å²) in [7, 11) is 0. The van der Waals surface area contributed by atoms with E-state index in [2.05, 4.69) is 15.5 Å². The van der Waals surface area contributed by atoms with Crippen LogP contribution in [0, 0.1) is 0 Å². The Hall–Kier alpha value is -3.40. The third-order valence-corrected chi connectivity index (χ3v) is 4.28. The van der Waals surface area contributed by atoms with Gasteiger partial charge in [0.2, 0.25) is 17.6 Å². The average molecular weight is 453 g/mol. The number of amides is 2. The molecular formula is C20H16ClF3N4O3. The van der Waals surface area contributed by atoms with Crippen LogP contribution in [-0.2, 0) is 11.2 Å². The third kappa shape index (κ3) is 6.54. The molecule has 0 saturated heterocycles. The van der Waals surface area contributed by atoms with Crippen molar-refractivity contribution in [1.29, 1.82) is 0 Å². The van der Waals surface area contributed by atoms with Crippen LogP contribution in [-0.4, -0.2) is 34.7 Å². The molecule has 3 aromatic rings. The molecular weight excluding hydrogens is 437 g/mol. The molecule has 1 aromatic heterocycles. The number of hydrogen-bond acceptors (Lipinski definition) is 5. The third-order valence-electron chi connectivity index (χ3n) is 4.03. The fraction of sp³-hybridized carbons (Fsp3) is 0.200. The van der Waals surface area contributed by atoms with E-state index < -0.39 is 24.5 Å². The second-order valence-electron chi connectivity index (χ2n) is 6.41. The molecule has 11 heteroatoms. The Morgan fingerprint density at radius 2 is 1.77 bits per heavy atom. The van der Waals surface area contributed by atoms with E-state index in [0.29, 0.717) is 16.4 Å². The first kappa shape index (κ1) is 22.3. The highest BCUT2D eigenvalue weighted by molar-refractivity contribution is 6.30. The van der Waals surface area contributed by atoms with Crippen LogP contribution in [0.15, 0.2) is 53.1 Å². The van der Waals surface area contributed by atoms with Gasteiger partial charge in [-0.3, -0.25) is 9.59 Å². The number of alkyl halides is 3. The maximum absolute atomic E-state index is 12.3. The summed E-state index contributed by atoms with van der Waals surface area (Å²) in [5.74, 6) is -0.838. The van der Waals surface area contributed by atoms with E-state index in [4.69, 9.17) is 16.1 Å². The number of hydrogen-bond donors (Lipinski definition) is 2. The first-order valence-corrected chi connectivity index (χ1v) is 9.41. The molecule has 0 bridgehead atoms. The van der Waals surface area contributed by atoms with Gasteiger partial charge in [-0.2, -0.15) is 18.2 Å². The molecule has 1 heterocycles. The number of anilines is 1. The molecule has 162 valence electrons. The highest BCUT2D eigenvalue weighted by Crippen LogP contribution is 2.20. The van der Waals surface area contributed by atoms with Crippen molar-refractivity contribution in [2.45, 2.75) is 19.0 Å². The smallest absolute Gasteiger partial charge is 0.343 e. The number of carbonyl (C=O) groups excluding carboxylic acids is 2. The van der Waals surface area contributed by atoms with Gasteiger partial charge >= 0.3 is 6.18 Å². The second-order valence-corrected chi connectivity index (χ2v) is 6.85. The molecule has 0 fully saturated rings. The Bertz CT molecular complexity index is 1070. The second kappa shape index (κ2) is 9.61. The summed E-state index contributed by atoms with van der Waals surface area (Å²) in [4.78, 5) is 28.5. The summed E-state index contributed by atoms with van der Waals surface area (Å²) in [5.41, 5.74) is 0.713. The molecule has 7 nitrogen and oxygen atoms in total. The number of para-hydroxylation sites is 1. The molecule has 0 saturated carbocycles. The molecule has 0 atom stereocenters. The molecule has 0 aliphatic carbocycles. The Balaban J connectivity index is 1.58. The van der Waals surface area contributed by atoms with E-state index in [1.165, 1.54) is 18.2 Å². The fourth-order valence-electron chi connectivity index (χ4n) is 2.57. The molecule has 31 heavy (non-hydrogen) atoms. The molecule has 0 unspecified atom stereocenters. The maximum Gasteiger partial charge on any atom is 0.405 e. The Morgan fingerprint density at radius 3 is 2.48 bits per heavy atom. The molecule has 2 amide bonds. The number of rotatable bonds is 7. The van der Waals surface area contributed by atoms with Crippen molar-refractivity contribution in [3.63, 3.8) is 0 Å². The van der Waals surface area contributed by atoms with Gasteiger partial charge in [0.15, 0.2) is 0 Å². The van der Waals surface area contributed by atoms with Crippen LogP contribution < -0.4 is 10.6 Å². The number of aryl methyl sites for hydroxylation is 1. The van der Waals surface area contributed by atoms with Gasteiger partial charge in [-0.1, -0.05) is 28.9 Å². The van der Waals surface area contributed by atoms with E-state index in [-0.39, 0.29) is 30.0 Å². The van der Waals surface area contributed by atoms with Crippen LogP contribution in [0.1, 0.15) is 22.7 Å². The number of halogens is 4. The minimum absolute atomic E-state index is 0.0409. The summed E-state index contributed by atoms with van der Waals surface area (Å²) in [6.07, 6.45) is -4.45. The summed E-state index contributed by atoms with van der Waals surface area (Å²) in [6, 6.07) is 12.6. The van der Waals surface area contributed by atoms with Gasteiger partial charge in [0.25, 0.3) is 5.91 Å². The lowest BCUT2D eigenvalue weighted by atomic mass is 10.1. The van der Waals surface area contributed by atoms with Crippen LogP contribution >= 0.6 is 11.6 Å². The van der Waals surface area contributed by atoms with E-state index in [0.717, 1.165) is 0 Å². The van der Waals surface area contributed by atoms with Gasteiger partial charge in [-0.05, 0) is 36.4 Å². The zero-order chi connectivity index (χ0) is 22.4. The number of benzene rings is 2. The summed E-state index contributed by atoms with van der Waals surface area (Å²) in [5, 5.41) is 8.71. The van der Waals surface area contributed by atoms with Crippen LogP contribution in [0.2, 0.25) is 5.02 Å². The van der Waals surface area contributed by atoms with E-state index in [1.54, 1.807) is 35.6 Å². The SMILES string of the molecule is O=C(CCc1nc(-c2ccc(Cl)cc2)no1)Nc1ccccc1C(=O)NCC(F)(F)F. The minimum Gasteiger partial charge on any atom is -0.343 e. The van der Waals surface area contributed by atoms with Crippen molar-refractivity contribution < 1.29 is 27.3 Å². The summed E-state index contributed by atoms with van der Waals surface area (Å²) >= 11 is 5.84. The van der Waals surface area contributed by atoms with E-state index >= 15 is 0 Å². The Morgan fingerprint density at radius 1 is 1.06 bits per heavy atom. The highest BCUT2D eigenvalue weighted by atomic mass is 35.5. The van der Waals surface area contributed by atoms with Gasteiger partial charge in [0, 0.05) is 23.4 Å². The number of nitrogens with one attached hydrogen (secondary N) is 2. The van der Waals surface area contributed by atoms with Gasteiger partial charge in [0.05, 0.1) is 11.3 Å². The fourth-order valence-corrected chi connectivity index (χ4v) is 2.70. The van der Waals surface area contributed by atoms with Gasteiger partial charge < -0.3 is 15.2 Å². The van der Waals surface area contributed by atoms with Crippen LogP contribution in [0.3, 0.4) is 0 Å². The lowest BCUT2D eigenvalue weighted by Crippen LogP contribution is -2.34. The largest absolute Gasteiger partial charge is 0.405 e. The average Bonchev–Trinajstić information content (AvgIpc) is 3.20. The first-order chi connectivity index (χ1) is 14.7. The molecule has 3 rings (SSSR count). The number of nitrogens with zero attached hydrogens (tertiary/aromatic N) is 2. The molecule has 2 N–H and O–H groups in total. The van der Waals surface area contributed by atoms with Crippen molar-refractivity contribution in [1.82, 2.24) is 15.5 Å². The topological polar surface area (TPSA) is 97.1 Å². The number of carbonyl (C=O) groups is 2. The Kier molecular flexibility index (Phi) is 6.91. The van der Waals surface area contributed by atoms with Crippen LogP contribution in [0.25, 0.3) is 11.4 Å². The summed E-state index contributed by atoms with van der Waals surface area (Å²) < 4.78 is 42.1. The maximum atomic E-state index is 12.3. The normalized spacial score (nSPS) is 11.2. The highest BCUT2D eigenvalue weighted by Gasteiger charge is 2.28. The quantitative estimate of drug-likeness (QED) is 0.558. The van der Waals surface area contributed by atoms with Crippen LogP contribution in [0.5, 0.6) is 0 Å². The predicted molar refractivity (Wildman–Crippen MR) is 107 cm³/mol. The predicted octanol–water partition coefficient (Wildman–Crippen LogP) is 4.25. The monoisotopic (exact) mass is 452 g/mol. The summed E-state index contributed by atoms with van der Waals surface area (Å²) in [6.45, 7) is -1.47. The molecule has 0 aliphatic heterocycles. The Labute approximate surface area is 179 Å². The molecule has 2 aromatic carbocycles. The van der Waals surface area contributed by atoms with Crippen molar-refractivity contribution in [2.24, 2.45) is 0 Å². The molecule has 0 aliphatic rings. The van der Waals surface area contributed by atoms with E-state index in [9.17, 15) is 22.8 Å². The van der Waals surface area contributed by atoms with Crippen molar-refractivity contribution in [3.05, 3.63) is 65.0 Å². The van der Waals surface area contributed by atoms with Crippen molar-refractivity contribution >= 4 is 29.1 Å². The standard InChI is InChI=1S/C20H16ClF3N4O3/c21-13-7-5-12(6-8-13)18-27-17(31-28-18)10-9-16(29)26-15-4-2-1-3-14(15)19(30)25-11-20(22,23)24/h1-8H,9-11H2,(H,25,30)(H,26,29). The first-order valence-electron chi connectivity index (χ1n) is 9.03. The number of aromatic nitrogens is 2. The van der Waals surface area contributed by atoms with Gasteiger partial charge in [0.1, 0.15) is 6.54 Å².